The zero-order valence-corrected chi connectivity index (χ0v) is 18.1. The summed E-state index contributed by atoms with van der Waals surface area (Å²) in [4.78, 5) is 39.8. The molecule has 0 radical (unpaired) electrons. The molecule has 3 rings (SSSR count). The van der Waals surface area contributed by atoms with Crippen LogP contribution < -0.4 is 0 Å². The summed E-state index contributed by atoms with van der Waals surface area (Å²) in [6.45, 7) is 5.73. The van der Waals surface area contributed by atoms with E-state index in [9.17, 15) is 33.0 Å². The standard InChI is InChI=1S/C20H26N2O7S/c1-5-21(11-12-9-7-6-8-10-12)18(26)20(4,27)13-15(23)22-14(17(24)25)19(2,3)30(28,29)16(13)22/h6-10,13-14,16,27H,5,11H2,1-4H3,(H,24,25)/t13-,14+,16-,20+/m1/s1. The van der Waals surface area contributed by atoms with Gasteiger partial charge < -0.3 is 20.0 Å². The molecule has 4 atom stereocenters. The predicted octanol–water partition coefficient (Wildman–Crippen LogP) is 0.231. The summed E-state index contributed by atoms with van der Waals surface area (Å²) in [6, 6.07) is 7.47. The fraction of sp³-hybridized carbons (Fsp3) is 0.550. The molecular weight excluding hydrogens is 412 g/mol. The Bertz CT molecular complexity index is 988. The highest BCUT2D eigenvalue weighted by atomic mass is 32.2. The Morgan fingerprint density at radius 2 is 1.80 bits per heavy atom. The third-order valence-corrected chi connectivity index (χ3v) is 9.05. The zero-order chi connectivity index (χ0) is 22.6. The van der Waals surface area contributed by atoms with Gasteiger partial charge in [0.25, 0.3) is 5.91 Å². The maximum absolute atomic E-state index is 13.2. The fourth-order valence-corrected chi connectivity index (χ4v) is 6.82. The number of carbonyl (C=O) groups is 3. The summed E-state index contributed by atoms with van der Waals surface area (Å²) in [6.07, 6.45) is 0. The lowest BCUT2D eigenvalue weighted by atomic mass is 9.79. The lowest BCUT2D eigenvalue weighted by Crippen LogP contribution is -2.72. The maximum Gasteiger partial charge on any atom is 0.328 e. The number of carboxylic acids is 1. The number of aliphatic hydroxyl groups is 1. The van der Waals surface area contributed by atoms with Crippen LogP contribution in [0.1, 0.15) is 33.3 Å². The molecule has 0 saturated carbocycles. The number of hydrogen-bond donors (Lipinski definition) is 2. The summed E-state index contributed by atoms with van der Waals surface area (Å²) in [5.74, 6) is -4.64. The average molecular weight is 439 g/mol. The van der Waals surface area contributed by atoms with Crippen LogP contribution in [0.5, 0.6) is 0 Å². The second-order valence-corrected chi connectivity index (χ2v) is 11.1. The summed E-state index contributed by atoms with van der Waals surface area (Å²) in [7, 11) is -4.16. The number of β-lactam (4-membered cyclic amide) rings is 1. The molecule has 2 aliphatic heterocycles. The van der Waals surface area contributed by atoms with Gasteiger partial charge in [-0.1, -0.05) is 30.3 Å². The molecule has 10 heteroatoms. The molecule has 2 saturated heterocycles. The van der Waals surface area contributed by atoms with E-state index in [1.165, 1.54) is 18.7 Å². The quantitative estimate of drug-likeness (QED) is 0.608. The van der Waals surface area contributed by atoms with Gasteiger partial charge in [-0.2, -0.15) is 0 Å². The van der Waals surface area contributed by atoms with E-state index in [4.69, 9.17) is 0 Å². The lowest BCUT2D eigenvalue weighted by molar-refractivity contribution is -0.184. The number of amides is 2. The molecule has 2 aliphatic rings. The summed E-state index contributed by atoms with van der Waals surface area (Å²) >= 11 is 0. The van der Waals surface area contributed by atoms with Gasteiger partial charge in [-0.05, 0) is 33.3 Å². The molecule has 2 fully saturated rings. The number of sulfone groups is 1. The topological polar surface area (TPSA) is 132 Å². The van der Waals surface area contributed by atoms with E-state index in [0.717, 1.165) is 17.4 Å². The third-order valence-electron chi connectivity index (χ3n) is 6.23. The van der Waals surface area contributed by atoms with Gasteiger partial charge in [-0.15, -0.1) is 0 Å². The molecule has 30 heavy (non-hydrogen) atoms. The van der Waals surface area contributed by atoms with Crippen LogP contribution in [0.2, 0.25) is 0 Å². The molecule has 1 aromatic rings. The van der Waals surface area contributed by atoms with E-state index in [0.29, 0.717) is 0 Å². The number of carboxylic acid groups (broad SMARTS) is 1. The Morgan fingerprint density at radius 3 is 2.30 bits per heavy atom. The van der Waals surface area contributed by atoms with Crippen molar-refractivity contribution in [3.63, 3.8) is 0 Å². The van der Waals surface area contributed by atoms with Crippen LogP contribution in [0.4, 0.5) is 0 Å². The van der Waals surface area contributed by atoms with E-state index in [-0.39, 0.29) is 13.1 Å². The predicted molar refractivity (Wildman–Crippen MR) is 107 cm³/mol. The highest BCUT2D eigenvalue weighted by Crippen LogP contribution is 2.51. The van der Waals surface area contributed by atoms with Crippen LogP contribution >= 0.6 is 0 Å². The molecule has 1 aromatic carbocycles. The number of carbonyl (C=O) groups excluding carboxylic acids is 2. The Hall–Kier alpha value is -2.46. The fourth-order valence-electron chi connectivity index (χ4n) is 4.41. The molecule has 2 heterocycles. The highest BCUT2D eigenvalue weighted by molar-refractivity contribution is 7.93. The molecular formula is C20H26N2O7S. The van der Waals surface area contributed by atoms with Crippen LogP contribution in [0.3, 0.4) is 0 Å². The molecule has 0 bridgehead atoms. The molecule has 164 valence electrons. The first-order valence-electron chi connectivity index (χ1n) is 9.64. The third kappa shape index (κ3) is 2.92. The molecule has 0 aliphatic carbocycles. The van der Waals surface area contributed by atoms with Crippen molar-refractivity contribution in [1.82, 2.24) is 9.80 Å². The Labute approximate surface area is 175 Å². The normalized spacial score (nSPS) is 28.2. The number of aliphatic carboxylic acids is 1. The second kappa shape index (κ2) is 7.05. The van der Waals surface area contributed by atoms with E-state index < -0.39 is 55.3 Å². The number of likely N-dealkylation sites (N-methyl/N-ethyl adjacent to an activating group) is 1. The molecule has 2 N–H and O–H groups in total. The molecule has 9 nitrogen and oxygen atoms in total. The summed E-state index contributed by atoms with van der Waals surface area (Å²) < 4.78 is 24.4. The monoisotopic (exact) mass is 438 g/mol. The Kier molecular flexibility index (Phi) is 5.23. The summed E-state index contributed by atoms with van der Waals surface area (Å²) in [5, 5.41) is 19.0. The van der Waals surface area contributed by atoms with E-state index in [1.807, 2.05) is 18.2 Å². The second-order valence-electron chi connectivity index (χ2n) is 8.46. The molecule has 0 spiro atoms. The number of nitrogens with zero attached hydrogens (tertiary/aromatic N) is 2. The summed E-state index contributed by atoms with van der Waals surface area (Å²) in [5.41, 5.74) is -1.50. The Balaban J connectivity index is 1.94. The smallest absolute Gasteiger partial charge is 0.328 e. The van der Waals surface area contributed by atoms with Gasteiger partial charge in [-0.25, -0.2) is 13.2 Å². The number of hydrogen-bond acceptors (Lipinski definition) is 6. The van der Waals surface area contributed by atoms with Gasteiger partial charge in [0.1, 0.15) is 12.0 Å². The minimum absolute atomic E-state index is 0.178. The van der Waals surface area contributed by atoms with Crippen LogP contribution in [-0.4, -0.2) is 74.5 Å². The first-order chi connectivity index (χ1) is 13.8. The highest BCUT2D eigenvalue weighted by Gasteiger charge is 2.76. The van der Waals surface area contributed by atoms with Gasteiger partial charge in [0.15, 0.2) is 20.8 Å². The number of benzene rings is 1. The van der Waals surface area contributed by atoms with Gasteiger partial charge in [0.05, 0.1) is 4.75 Å². The van der Waals surface area contributed by atoms with Crippen LogP contribution in [0.15, 0.2) is 30.3 Å². The van der Waals surface area contributed by atoms with Crippen molar-refractivity contribution >= 4 is 27.6 Å². The van der Waals surface area contributed by atoms with Crippen molar-refractivity contribution in [2.75, 3.05) is 6.54 Å². The van der Waals surface area contributed by atoms with Crippen molar-refractivity contribution in [3.8, 4) is 0 Å². The minimum atomic E-state index is -4.16. The van der Waals surface area contributed by atoms with Gasteiger partial charge in [0, 0.05) is 13.1 Å². The van der Waals surface area contributed by atoms with E-state index in [1.54, 1.807) is 19.1 Å². The largest absolute Gasteiger partial charge is 0.480 e. The Morgan fingerprint density at radius 1 is 1.23 bits per heavy atom. The molecule has 0 aromatic heterocycles. The van der Waals surface area contributed by atoms with Gasteiger partial charge in [0.2, 0.25) is 5.91 Å². The number of fused-ring (bicyclic) bond motifs is 1. The van der Waals surface area contributed by atoms with Crippen LogP contribution in [0, 0.1) is 5.92 Å². The molecule has 0 unspecified atom stereocenters. The molecule has 2 amide bonds. The van der Waals surface area contributed by atoms with Gasteiger partial charge >= 0.3 is 5.97 Å². The zero-order valence-electron chi connectivity index (χ0n) is 17.3. The van der Waals surface area contributed by atoms with Crippen molar-refractivity contribution < 1.29 is 33.0 Å². The van der Waals surface area contributed by atoms with Crippen molar-refractivity contribution in [2.45, 2.75) is 56.0 Å². The average Bonchev–Trinajstić information content (AvgIpc) is 2.80. The van der Waals surface area contributed by atoms with Crippen molar-refractivity contribution in [1.29, 1.82) is 0 Å². The van der Waals surface area contributed by atoms with Crippen LogP contribution in [0.25, 0.3) is 0 Å². The van der Waals surface area contributed by atoms with Crippen molar-refractivity contribution in [2.24, 2.45) is 5.92 Å². The van der Waals surface area contributed by atoms with Gasteiger partial charge in [-0.3, -0.25) is 9.59 Å². The van der Waals surface area contributed by atoms with E-state index in [2.05, 4.69) is 0 Å². The lowest BCUT2D eigenvalue weighted by Gasteiger charge is -2.48. The first kappa shape index (κ1) is 22.2. The maximum atomic E-state index is 13.2. The first-order valence-corrected chi connectivity index (χ1v) is 11.2. The SMILES string of the molecule is CCN(Cc1ccccc1)C(=O)[C@@](C)(O)[C@@H]1C(=O)N2[C@@H](C(=O)O)C(C)(C)S(=O)(=O)[C@H]12. The van der Waals surface area contributed by atoms with E-state index >= 15 is 0 Å². The van der Waals surface area contributed by atoms with Crippen molar-refractivity contribution in [3.05, 3.63) is 35.9 Å². The number of rotatable bonds is 6. The minimum Gasteiger partial charge on any atom is -0.480 e. The van der Waals surface area contributed by atoms with Crippen LogP contribution in [-0.2, 0) is 30.8 Å².